The van der Waals surface area contributed by atoms with Crippen LogP contribution in [0.4, 0.5) is 0 Å². The zero-order chi connectivity index (χ0) is 19.0. The molecule has 27 heavy (non-hydrogen) atoms. The van der Waals surface area contributed by atoms with Crippen LogP contribution >= 0.6 is 0 Å². The molecule has 0 N–H and O–H groups in total. The van der Waals surface area contributed by atoms with Gasteiger partial charge in [-0.2, -0.15) is 0 Å². The molecule has 0 radical (unpaired) electrons. The third-order valence-electron chi connectivity index (χ3n) is 4.46. The molecule has 0 atom stereocenters. The van der Waals surface area contributed by atoms with E-state index in [1.807, 2.05) is 50.2 Å². The molecular formula is C22H18N2O2S. The monoisotopic (exact) mass is 374 g/mol. The van der Waals surface area contributed by atoms with E-state index in [-0.39, 0.29) is 9.92 Å². The highest BCUT2D eigenvalue weighted by Gasteiger charge is 2.24. The number of rotatable bonds is 3. The lowest BCUT2D eigenvalue weighted by atomic mass is 10.1. The zero-order valence-electron chi connectivity index (χ0n) is 15.0. The van der Waals surface area contributed by atoms with Crippen LogP contribution in [-0.2, 0) is 9.84 Å². The summed E-state index contributed by atoms with van der Waals surface area (Å²) in [4.78, 5) is 9.28. The van der Waals surface area contributed by atoms with Gasteiger partial charge in [0.1, 0.15) is 0 Å². The van der Waals surface area contributed by atoms with Gasteiger partial charge in [-0.25, -0.2) is 18.4 Å². The Morgan fingerprint density at radius 2 is 1.30 bits per heavy atom. The molecule has 4 nitrogen and oxygen atoms in total. The molecule has 0 saturated carbocycles. The summed E-state index contributed by atoms with van der Waals surface area (Å²) in [5.41, 5.74) is 3.51. The van der Waals surface area contributed by atoms with Gasteiger partial charge in [-0.05, 0) is 38.1 Å². The van der Waals surface area contributed by atoms with E-state index in [1.54, 1.807) is 36.4 Å². The van der Waals surface area contributed by atoms with Crippen LogP contribution < -0.4 is 0 Å². The summed E-state index contributed by atoms with van der Waals surface area (Å²) in [5, 5.41) is 0.557. The Morgan fingerprint density at radius 1 is 0.704 bits per heavy atom. The molecule has 1 aromatic heterocycles. The molecule has 5 heteroatoms. The van der Waals surface area contributed by atoms with Crippen LogP contribution in [0.1, 0.15) is 11.1 Å². The van der Waals surface area contributed by atoms with Gasteiger partial charge >= 0.3 is 0 Å². The first-order valence-corrected chi connectivity index (χ1v) is 10.1. The first-order chi connectivity index (χ1) is 12.9. The molecule has 3 aromatic carbocycles. The predicted octanol–water partition coefficient (Wildman–Crippen LogP) is 4.75. The molecule has 0 unspecified atom stereocenters. The van der Waals surface area contributed by atoms with Crippen molar-refractivity contribution in [1.29, 1.82) is 0 Å². The minimum atomic E-state index is -3.77. The van der Waals surface area contributed by atoms with E-state index in [1.165, 1.54) is 0 Å². The molecule has 4 rings (SSSR count). The predicted molar refractivity (Wildman–Crippen MR) is 106 cm³/mol. The number of hydrogen-bond acceptors (Lipinski definition) is 4. The summed E-state index contributed by atoms with van der Waals surface area (Å²) in [6, 6.07) is 21.7. The number of aryl methyl sites for hydroxylation is 2. The van der Waals surface area contributed by atoms with Crippen molar-refractivity contribution in [2.75, 3.05) is 0 Å². The minimum Gasteiger partial charge on any atom is -0.228 e. The second kappa shape index (κ2) is 6.59. The van der Waals surface area contributed by atoms with Gasteiger partial charge in [0.25, 0.3) is 0 Å². The molecule has 0 aliphatic heterocycles. The summed E-state index contributed by atoms with van der Waals surface area (Å²) in [5.74, 6) is 0.402. The second-order valence-corrected chi connectivity index (χ2v) is 8.42. The fraction of sp³-hybridized carbons (Fsp3) is 0.0909. The number of aromatic nitrogens is 2. The maximum Gasteiger partial charge on any atom is 0.224 e. The van der Waals surface area contributed by atoms with Crippen molar-refractivity contribution in [1.82, 2.24) is 9.97 Å². The normalized spacial score (nSPS) is 11.6. The molecule has 134 valence electrons. The van der Waals surface area contributed by atoms with E-state index in [0.29, 0.717) is 16.7 Å². The highest BCUT2D eigenvalue weighted by atomic mass is 32.2. The lowest BCUT2D eigenvalue weighted by Gasteiger charge is -2.10. The number of hydrogen-bond donors (Lipinski definition) is 0. The van der Waals surface area contributed by atoms with Gasteiger partial charge in [0.15, 0.2) is 10.9 Å². The third-order valence-corrected chi connectivity index (χ3v) is 6.18. The standard InChI is InChI=1S/C22H18N2O2S/c1-15-7-11-17(12-8-15)21-23-20-6-4-3-5-19(20)22(24-21)27(25,26)18-13-9-16(2)10-14-18/h3-14H,1-2H3. The molecule has 0 bridgehead atoms. The molecule has 0 saturated heterocycles. The Kier molecular flexibility index (Phi) is 4.24. The lowest BCUT2D eigenvalue weighted by molar-refractivity contribution is 0.593. The van der Waals surface area contributed by atoms with Gasteiger partial charge in [0.05, 0.1) is 10.4 Å². The molecule has 4 aromatic rings. The van der Waals surface area contributed by atoms with Crippen LogP contribution in [0.15, 0.2) is 82.7 Å². The number of fused-ring (bicyclic) bond motifs is 1. The van der Waals surface area contributed by atoms with E-state index in [2.05, 4.69) is 9.97 Å². The summed E-state index contributed by atoms with van der Waals surface area (Å²) in [6.45, 7) is 3.92. The first kappa shape index (κ1) is 17.4. The molecule has 0 amide bonds. The summed E-state index contributed by atoms with van der Waals surface area (Å²) < 4.78 is 26.6. The maximum atomic E-state index is 13.3. The van der Waals surface area contributed by atoms with Crippen molar-refractivity contribution in [2.45, 2.75) is 23.8 Å². The lowest BCUT2D eigenvalue weighted by Crippen LogP contribution is -2.07. The van der Waals surface area contributed by atoms with Crippen molar-refractivity contribution in [3.63, 3.8) is 0 Å². The van der Waals surface area contributed by atoms with Gasteiger partial charge in [-0.15, -0.1) is 0 Å². The number of nitrogens with zero attached hydrogens (tertiary/aromatic N) is 2. The molecule has 0 aliphatic rings. The van der Waals surface area contributed by atoms with Crippen molar-refractivity contribution < 1.29 is 8.42 Å². The molecule has 0 fully saturated rings. The number of sulfone groups is 1. The fourth-order valence-electron chi connectivity index (χ4n) is 2.91. The first-order valence-electron chi connectivity index (χ1n) is 8.61. The van der Waals surface area contributed by atoms with Crippen molar-refractivity contribution >= 4 is 20.7 Å². The SMILES string of the molecule is Cc1ccc(-c2nc(S(=O)(=O)c3ccc(C)cc3)c3ccccc3n2)cc1. The smallest absolute Gasteiger partial charge is 0.224 e. The van der Waals surface area contributed by atoms with Crippen LogP contribution in [0.5, 0.6) is 0 Å². The quantitative estimate of drug-likeness (QED) is 0.486. The Hall–Kier alpha value is -3.05. The van der Waals surface area contributed by atoms with Crippen LogP contribution in [0, 0.1) is 13.8 Å². The zero-order valence-corrected chi connectivity index (χ0v) is 15.9. The average Bonchev–Trinajstić information content (AvgIpc) is 2.68. The van der Waals surface area contributed by atoms with Crippen LogP contribution in [0.3, 0.4) is 0 Å². The maximum absolute atomic E-state index is 13.3. The largest absolute Gasteiger partial charge is 0.228 e. The number of benzene rings is 3. The summed E-state index contributed by atoms with van der Waals surface area (Å²) >= 11 is 0. The second-order valence-electron chi connectivity index (χ2n) is 6.55. The molecule has 0 aliphatic carbocycles. The number of para-hydroxylation sites is 1. The van der Waals surface area contributed by atoms with E-state index in [0.717, 1.165) is 16.7 Å². The Labute approximate surface area is 158 Å². The summed E-state index contributed by atoms with van der Waals surface area (Å²) in [6.07, 6.45) is 0. The van der Waals surface area contributed by atoms with Gasteiger partial charge in [0.2, 0.25) is 9.84 Å². The van der Waals surface area contributed by atoms with Crippen LogP contribution in [-0.4, -0.2) is 18.4 Å². The van der Waals surface area contributed by atoms with Gasteiger partial charge in [0, 0.05) is 10.9 Å². The molecule has 1 heterocycles. The molecule has 0 spiro atoms. The van der Waals surface area contributed by atoms with Crippen LogP contribution in [0.2, 0.25) is 0 Å². The fourth-order valence-corrected chi connectivity index (χ4v) is 4.30. The Morgan fingerprint density at radius 3 is 1.96 bits per heavy atom. The summed E-state index contributed by atoms with van der Waals surface area (Å²) in [7, 11) is -3.77. The van der Waals surface area contributed by atoms with Gasteiger partial charge < -0.3 is 0 Å². The Bertz CT molecular complexity index is 1230. The van der Waals surface area contributed by atoms with Crippen molar-refractivity contribution in [3.05, 3.63) is 83.9 Å². The van der Waals surface area contributed by atoms with Crippen molar-refractivity contribution in [2.24, 2.45) is 0 Å². The highest BCUT2D eigenvalue weighted by Crippen LogP contribution is 2.29. The van der Waals surface area contributed by atoms with E-state index >= 15 is 0 Å². The third kappa shape index (κ3) is 3.22. The van der Waals surface area contributed by atoms with E-state index in [4.69, 9.17) is 0 Å². The molecular weight excluding hydrogens is 356 g/mol. The Balaban J connectivity index is 1.98. The van der Waals surface area contributed by atoms with E-state index in [9.17, 15) is 8.42 Å². The average molecular weight is 374 g/mol. The van der Waals surface area contributed by atoms with Crippen LogP contribution in [0.25, 0.3) is 22.3 Å². The topological polar surface area (TPSA) is 59.9 Å². The van der Waals surface area contributed by atoms with E-state index < -0.39 is 9.84 Å². The van der Waals surface area contributed by atoms with Gasteiger partial charge in [-0.1, -0.05) is 59.7 Å². The highest BCUT2D eigenvalue weighted by molar-refractivity contribution is 7.91. The van der Waals surface area contributed by atoms with Gasteiger partial charge in [-0.3, -0.25) is 0 Å². The van der Waals surface area contributed by atoms with Crippen molar-refractivity contribution in [3.8, 4) is 11.4 Å². The minimum absolute atomic E-state index is 0.0347.